The molecule has 0 saturated carbocycles. The van der Waals surface area contributed by atoms with E-state index in [1.165, 1.54) is 0 Å². The van der Waals surface area contributed by atoms with Crippen LogP contribution in [0.3, 0.4) is 0 Å². The number of aryl methyl sites for hydroxylation is 1. The molecule has 84 valence electrons. The van der Waals surface area contributed by atoms with Gasteiger partial charge in [0.1, 0.15) is 0 Å². The maximum Gasteiger partial charge on any atom is 0.239 e. The van der Waals surface area contributed by atoms with Crippen molar-refractivity contribution in [2.24, 2.45) is 0 Å². The number of rotatable bonds is 5. The molecule has 0 aliphatic carbocycles. The van der Waals surface area contributed by atoms with E-state index in [0.29, 0.717) is 18.4 Å². The summed E-state index contributed by atoms with van der Waals surface area (Å²) < 4.78 is 0. The number of hydrogen-bond donors (Lipinski definition) is 3. The number of nitrogens with zero attached hydrogens (tertiary/aromatic N) is 1. The predicted molar refractivity (Wildman–Crippen MR) is 59.7 cm³/mol. The Hall–Kier alpha value is -1.36. The summed E-state index contributed by atoms with van der Waals surface area (Å²) in [5, 5.41) is 12.5. The quantitative estimate of drug-likeness (QED) is 0.680. The number of aromatic amines is 1. The summed E-state index contributed by atoms with van der Waals surface area (Å²) >= 11 is 0. The molecule has 0 aliphatic heterocycles. The van der Waals surface area contributed by atoms with Crippen molar-refractivity contribution in [1.29, 1.82) is 0 Å². The normalized spacial score (nSPS) is 12.5. The van der Waals surface area contributed by atoms with Gasteiger partial charge < -0.3 is 10.6 Å². The van der Waals surface area contributed by atoms with E-state index in [2.05, 4.69) is 27.8 Å². The molecule has 5 nitrogen and oxygen atoms in total. The van der Waals surface area contributed by atoms with E-state index in [0.717, 1.165) is 12.1 Å². The van der Waals surface area contributed by atoms with E-state index in [-0.39, 0.29) is 5.91 Å². The third kappa shape index (κ3) is 4.12. The van der Waals surface area contributed by atoms with E-state index in [1.54, 1.807) is 6.07 Å². The van der Waals surface area contributed by atoms with Gasteiger partial charge >= 0.3 is 0 Å². The fourth-order valence-corrected chi connectivity index (χ4v) is 1.08. The van der Waals surface area contributed by atoms with Crippen LogP contribution in [0.2, 0.25) is 0 Å². The Kier molecular flexibility index (Phi) is 4.30. The summed E-state index contributed by atoms with van der Waals surface area (Å²) in [6, 6.07) is 2.15. The Balaban J connectivity index is 2.30. The molecule has 1 unspecified atom stereocenters. The number of amides is 1. The number of aromatic nitrogens is 2. The van der Waals surface area contributed by atoms with Crippen LogP contribution in [0.15, 0.2) is 6.07 Å². The van der Waals surface area contributed by atoms with Gasteiger partial charge in [-0.1, -0.05) is 6.92 Å². The van der Waals surface area contributed by atoms with E-state index in [9.17, 15) is 4.79 Å². The predicted octanol–water partition coefficient (Wildman–Crippen LogP) is 1.04. The molecule has 5 heteroatoms. The lowest BCUT2D eigenvalue weighted by Gasteiger charge is -2.10. The highest BCUT2D eigenvalue weighted by atomic mass is 16.2. The van der Waals surface area contributed by atoms with E-state index < -0.39 is 0 Å². The summed E-state index contributed by atoms with van der Waals surface area (Å²) in [7, 11) is 0. The van der Waals surface area contributed by atoms with Crippen molar-refractivity contribution < 1.29 is 4.79 Å². The standard InChI is InChI=1S/C10H18N4O/c1-4-7(2)11-6-10(15)12-9-5-8(3)13-14-9/h5,7,11H,4,6H2,1-3H3,(H2,12,13,14,15). The van der Waals surface area contributed by atoms with Gasteiger partial charge in [0.05, 0.1) is 6.54 Å². The lowest BCUT2D eigenvalue weighted by Crippen LogP contribution is -2.34. The molecular weight excluding hydrogens is 192 g/mol. The first-order chi connectivity index (χ1) is 7.11. The summed E-state index contributed by atoms with van der Waals surface area (Å²) in [6.45, 7) is 6.33. The fourth-order valence-electron chi connectivity index (χ4n) is 1.08. The zero-order valence-electron chi connectivity index (χ0n) is 9.42. The first-order valence-corrected chi connectivity index (χ1v) is 5.17. The average molecular weight is 210 g/mol. The van der Waals surface area contributed by atoms with Gasteiger partial charge in [0.2, 0.25) is 5.91 Å². The van der Waals surface area contributed by atoms with E-state index >= 15 is 0 Å². The van der Waals surface area contributed by atoms with Gasteiger partial charge in [-0.15, -0.1) is 0 Å². The van der Waals surface area contributed by atoms with E-state index in [1.807, 2.05) is 13.8 Å². The molecule has 0 fully saturated rings. The molecule has 0 radical (unpaired) electrons. The van der Waals surface area contributed by atoms with Crippen LogP contribution >= 0.6 is 0 Å². The van der Waals surface area contributed by atoms with Crippen LogP contribution < -0.4 is 10.6 Å². The number of H-pyrrole nitrogens is 1. The van der Waals surface area contributed by atoms with Gasteiger partial charge in [0, 0.05) is 17.8 Å². The highest BCUT2D eigenvalue weighted by molar-refractivity contribution is 5.91. The Morgan fingerprint density at radius 2 is 2.40 bits per heavy atom. The topological polar surface area (TPSA) is 69.8 Å². The van der Waals surface area contributed by atoms with Crippen molar-refractivity contribution in [3.8, 4) is 0 Å². The molecule has 1 rings (SSSR count). The molecule has 0 saturated heterocycles. The molecule has 1 atom stereocenters. The van der Waals surface area contributed by atoms with Gasteiger partial charge in [-0.2, -0.15) is 5.10 Å². The second kappa shape index (κ2) is 5.50. The van der Waals surface area contributed by atoms with Gasteiger partial charge in [-0.3, -0.25) is 9.89 Å². The number of carbonyl (C=O) groups is 1. The molecule has 0 bridgehead atoms. The molecule has 3 N–H and O–H groups in total. The molecule has 1 amide bonds. The second-order valence-electron chi connectivity index (χ2n) is 3.67. The van der Waals surface area contributed by atoms with Gasteiger partial charge in [-0.25, -0.2) is 0 Å². The van der Waals surface area contributed by atoms with Crippen molar-refractivity contribution in [2.45, 2.75) is 33.2 Å². The number of hydrogen-bond acceptors (Lipinski definition) is 3. The first-order valence-electron chi connectivity index (χ1n) is 5.17. The smallest absolute Gasteiger partial charge is 0.239 e. The lowest BCUT2D eigenvalue weighted by atomic mass is 10.2. The molecule has 0 aromatic carbocycles. The third-order valence-corrected chi connectivity index (χ3v) is 2.20. The minimum atomic E-state index is -0.0678. The Morgan fingerprint density at radius 1 is 1.67 bits per heavy atom. The molecule has 15 heavy (non-hydrogen) atoms. The maximum atomic E-state index is 11.4. The van der Waals surface area contributed by atoms with Gasteiger partial charge in [-0.05, 0) is 20.3 Å². The van der Waals surface area contributed by atoms with Crippen molar-refractivity contribution in [2.75, 3.05) is 11.9 Å². The second-order valence-corrected chi connectivity index (χ2v) is 3.67. The van der Waals surface area contributed by atoms with Crippen LogP contribution in [0, 0.1) is 6.92 Å². The van der Waals surface area contributed by atoms with Crippen LogP contribution in [0.5, 0.6) is 0 Å². The van der Waals surface area contributed by atoms with Gasteiger partial charge in [0.25, 0.3) is 0 Å². The zero-order valence-corrected chi connectivity index (χ0v) is 9.42. The number of carbonyl (C=O) groups excluding carboxylic acids is 1. The Morgan fingerprint density at radius 3 is 2.93 bits per heavy atom. The first kappa shape index (κ1) is 11.7. The van der Waals surface area contributed by atoms with Crippen molar-refractivity contribution in [3.05, 3.63) is 11.8 Å². The summed E-state index contributed by atoms with van der Waals surface area (Å²) in [6.07, 6.45) is 1.01. The molecule has 1 aromatic rings. The highest BCUT2D eigenvalue weighted by Crippen LogP contribution is 2.02. The Bertz CT molecular complexity index is 321. The van der Waals surface area contributed by atoms with E-state index in [4.69, 9.17) is 0 Å². The highest BCUT2D eigenvalue weighted by Gasteiger charge is 2.05. The van der Waals surface area contributed by atoms with Crippen molar-refractivity contribution in [1.82, 2.24) is 15.5 Å². The third-order valence-electron chi connectivity index (χ3n) is 2.20. The van der Waals surface area contributed by atoms with Crippen LogP contribution in [0.25, 0.3) is 0 Å². The average Bonchev–Trinajstić information content (AvgIpc) is 2.60. The zero-order chi connectivity index (χ0) is 11.3. The summed E-state index contributed by atoms with van der Waals surface area (Å²) in [4.78, 5) is 11.4. The largest absolute Gasteiger partial charge is 0.308 e. The lowest BCUT2D eigenvalue weighted by molar-refractivity contribution is -0.115. The van der Waals surface area contributed by atoms with Crippen molar-refractivity contribution in [3.63, 3.8) is 0 Å². The summed E-state index contributed by atoms with van der Waals surface area (Å²) in [5.41, 5.74) is 0.931. The molecular formula is C10H18N4O. The van der Waals surface area contributed by atoms with Gasteiger partial charge in [0.15, 0.2) is 5.82 Å². The SMILES string of the molecule is CCC(C)NCC(=O)Nc1cc(C)[nH]n1. The summed E-state index contributed by atoms with van der Waals surface area (Å²) in [5.74, 6) is 0.505. The molecule has 0 aliphatic rings. The van der Waals surface area contributed by atoms with Crippen LogP contribution in [0.1, 0.15) is 26.0 Å². The van der Waals surface area contributed by atoms with Crippen LogP contribution in [-0.2, 0) is 4.79 Å². The fraction of sp³-hybridized carbons (Fsp3) is 0.600. The minimum Gasteiger partial charge on any atom is -0.308 e. The molecule has 0 spiro atoms. The van der Waals surface area contributed by atoms with Crippen LogP contribution in [0.4, 0.5) is 5.82 Å². The Labute approximate surface area is 89.6 Å². The molecule has 1 heterocycles. The monoisotopic (exact) mass is 210 g/mol. The maximum absolute atomic E-state index is 11.4. The minimum absolute atomic E-state index is 0.0678. The number of anilines is 1. The number of nitrogens with one attached hydrogen (secondary N) is 3. The van der Waals surface area contributed by atoms with Crippen molar-refractivity contribution >= 4 is 11.7 Å². The van der Waals surface area contributed by atoms with Crippen LogP contribution in [-0.4, -0.2) is 28.7 Å². The molecule has 1 aromatic heterocycles.